The first-order valence-corrected chi connectivity index (χ1v) is 10.2. The summed E-state index contributed by atoms with van der Waals surface area (Å²) in [5.74, 6) is 1.89. The molecule has 6 nitrogen and oxygen atoms in total. The summed E-state index contributed by atoms with van der Waals surface area (Å²) in [6, 6.07) is 17.5. The number of imidazole rings is 2. The molecule has 0 aliphatic carbocycles. The van der Waals surface area contributed by atoms with E-state index in [1.165, 1.54) is 11.1 Å². The third-order valence-electron chi connectivity index (χ3n) is 5.60. The molecule has 0 amide bonds. The Morgan fingerprint density at radius 1 is 0.600 bits per heavy atom. The Balaban J connectivity index is 1.51. The average molecular weight is 401 g/mol. The molecule has 4 rings (SSSR count). The van der Waals surface area contributed by atoms with Crippen molar-refractivity contribution < 1.29 is 0 Å². The van der Waals surface area contributed by atoms with Crippen LogP contribution in [0.25, 0.3) is 33.6 Å². The summed E-state index contributed by atoms with van der Waals surface area (Å²) in [6.45, 7) is 4.17. The predicted octanol–water partition coefficient (Wildman–Crippen LogP) is 4.69. The van der Waals surface area contributed by atoms with Crippen molar-refractivity contribution in [3.8, 4) is 33.6 Å². The largest absolute Gasteiger partial charge is 0.341 e. The number of rotatable bonds is 7. The minimum Gasteiger partial charge on any atom is -0.341 e. The van der Waals surface area contributed by atoms with Crippen LogP contribution in [0, 0.1) is 0 Å². The van der Waals surface area contributed by atoms with Gasteiger partial charge in [0.15, 0.2) is 0 Å². The molecule has 0 bridgehead atoms. The van der Waals surface area contributed by atoms with Gasteiger partial charge in [0.05, 0.1) is 35.9 Å². The first-order chi connectivity index (χ1) is 14.6. The molecule has 4 aromatic rings. The lowest BCUT2D eigenvalue weighted by molar-refractivity contribution is 0.618. The number of hydrogen-bond donors (Lipinski definition) is 4. The third-order valence-corrected chi connectivity index (χ3v) is 5.60. The molecule has 0 saturated carbocycles. The minimum absolute atomic E-state index is 0.198. The van der Waals surface area contributed by atoms with E-state index < -0.39 is 0 Å². The Hall–Kier alpha value is -3.22. The molecule has 0 radical (unpaired) electrons. The van der Waals surface area contributed by atoms with Gasteiger partial charge in [-0.15, -0.1) is 0 Å². The Labute approximate surface area is 177 Å². The fourth-order valence-electron chi connectivity index (χ4n) is 3.36. The zero-order valence-electron chi connectivity index (χ0n) is 17.8. The van der Waals surface area contributed by atoms with E-state index in [4.69, 9.17) is 0 Å². The summed E-state index contributed by atoms with van der Waals surface area (Å²) in [7, 11) is 3.86. The molecule has 0 fully saturated rings. The fourth-order valence-corrected chi connectivity index (χ4v) is 3.36. The normalized spacial score (nSPS) is 13.3. The maximum atomic E-state index is 4.47. The highest BCUT2D eigenvalue weighted by Crippen LogP contribution is 2.27. The maximum absolute atomic E-state index is 4.47. The van der Waals surface area contributed by atoms with Crippen LogP contribution in [0.4, 0.5) is 0 Å². The van der Waals surface area contributed by atoms with Crippen LogP contribution in [0.2, 0.25) is 0 Å². The van der Waals surface area contributed by atoms with Gasteiger partial charge in [-0.3, -0.25) is 0 Å². The van der Waals surface area contributed by atoms with Gasteiger partial charge in [0, 0.05) is 0 Å². The number of aromatic nitrogens is 4. The van der Waals surface area contributed by atoms with Gasteiger partial charge in [-0.2, -0.15) is 0 Å². The summed E-state index contributed by atoms with van der Waals surface area (Å²) in [4.78, 5) is 15.7. The molecule has 4 N–H and O–H groups in total. The van der Waals surface area contributed by atoms with E-state index in [1.807, 2.05) is 26.5 Å². The molecule has 154 valence electrons. The average Bonchev–Trinajstić information content (AvgIpc) is 3.49. The summed E-state index contributed by atoms with van der Waals surface area (Å²) in [6.07, 6.45) is 3.78. The molecule has 0 spiro atoms. The van der Waals surface area contributed by atoms with E-state index in [0.29, 0.717) is 0 Å². The molecule has 6 heteroatoms. The molecule has 30 heavy (non-hydrogen) atoms. The van der Waals surface area contributed by atoms with E-state index in [-0.39, 0.29) is 12.1 Å². The molecule has 2 heterocycles. The lowest BCUT2D eigenvalue weighted by Gasteiger charge is -2.07. The predicted molar refractivity (Wildman–Crippen MR) is 122 cm³/mol. The summed E-state index contributed by atoms with van der Waals surface area (Å²) in [5, 5.41) is 6.40. The molecule has 2 aromatic heterocycles. The van der Waals surface area contributed by atoms with Gasteiger partial charge < -0.3 is 20.6 Å². The molecule has 0 unspecified atom stereocenters. The van der Waals surface area contributed by atoms with Crippen molar-refractivity contribution >= 4 is 0 Å². The highest BCUT2D eigenvalue weighted by molar-refractivity contribution is 5.71. The fraction of sp³-hybridized carbons (Fsp3) is 0.250. The maximum Gasteiger partial charge on any atom is 0.123 e. The van der Waals surface area contributed by atoms with Gasteiger partial charge in [-0.05, 0) is 50.2 Å². The number of benzene rings is 2. The number of nitrogens with zero attached hydrogens (tertiary/aromatic N) is 2. The van der Waals surface area contributed by atoms with Crippen molar-refractivity contribution in [2.24, 2.45) is 0 Å². The third kappa shape index (κ3) is 4.06. The number of aromatic amines is 2. The molecular weight excluding hydrogens is 372 g/mol. The van der Waals surface area contributed by atoms with Crippen LogP contribution in [-0.4, -0.2) is 34.0 Å². The summed E-state index contributed by atoms with van der Waals surface area (Å²) >= 11 is 0. The van der Waals surface area contributed by atoms with Crippen molar-refractivity contribution in [3.05, 3.63) is 72.6 Å². The topological polar surface area (TPSA) is 81.4 Å². The van der Waals surface area contributed by atoms with Crippen molar-refractivity contribution in [1.29, 1.82) is 0 Å². The lowest BCUT2D eigenvalue weighted by Crippen LogP contribution is -2.13. The highest BCUT2D eigenvalue weighted by Gasteiger charge is 2.10. The summed E-state index contributed by atoms with van der Waals surface area (Å²) < 4.78 is 0. The van der Waals surface area contributed by atoms with Crippen molar-refractivity contribution in [2.75, 3.05) is 14.1 Å². The van der Waals surface area contributed by atoms with Gasteiger partial charge in [-0.25, -0.2) is 9.97 Å². The molecule has 0 aliphatic rings. The van der Waals surface area contributed by atoms with Crippen LogP contribution in [0.15, 0.2) is 60.9 Å². The number of nitrogens with one attached hydrogen (secondary N) is 4. The van der Waals surface area contributed by atoms with E-state index in [1.54, 1.807) is 0 Å². The first-order valence-electron chi connectivity index (χ1n) is 10.2. The number of H-pyrrole nitrogens is 2. The van der Waals surface area contributed by atoms with Crippen molar-refractivity contribution in [3.63, 3.8) is 0 Å². The quantitative estimate of drug-likeness (QED) is 0.363. The van der Waals surface area contributed by atoms with Crippen molar-refractivity contribution in [1.82, 2.24) is 30.6 Å². The van der Waals surface area contributed by atoms with E-state index in [2.05, 4.69) is 92.9 Å². The Morgan fingerprint density at radius 2 is 0.933 bits per heavy atom. The van der Waals surface area contributed by atoms with Crippen molar-refractivity contribution in [2.45, 2.75) is 25.9 Å². The second-order valence-corrected chi connectivity index (χ2v) is 7.54. The van der Waals surface area contributed by atoms with Crippen LogP contribution in [0.5, 0.6) is 0 Å². The molecule has 2 atom stereocenters. The second kappa shape index (κ2) is 8.65. The van der Waals surface area contributed by atoms with Gasteiger partial charge >= 0.3 is 0 Å². The molecular formula is C24H28N6. The van der Waals surface area contributed by atoms with Crippen LogP contribution in [-0.2, 0) is 0 Å². The summed E-state index contributed by atoms with van der Waals surface area (Å²) in [5.41, 5.74) is 6.67. The molecule has 0 aliphatic heterocycles. The SMILES string of the molecule is CN[C@@H](C)c1ncc(-c2ccc(-c3ccc(-c4cnc([C@@H](C)NC)[nH]4)cc3)cc2)[nH]1. The van der Waals surface area contributed by atoms with Crippen LogP contribution >= 0.6 is 0 Å². The van der Waals surface area contributed by atoms with E-state index in [9.17, 15) is 0 Å². The monoisotopic (exact) mass is 400 g/mol. The molecule has 0 saturated heterocycles. The Morgan fingerprint density at radius 3 is 1.27 bits per heavy atom. The van der Waals surface area contributed by atoms with Gasteiger partial charge in [0.1, 0.15) is 11.6 Å². The van der Waals surface area contributed by atoms with Crippen LogP contribution in [0.1, 0.15) is 37.6 Å². The molecule has 2 aromatic carbocycles. The zero-order chi connectivity index (χ0) is 21.1. The first kappa shape index (κ1) is 20.1. The highest BCUT2D eigenvalue weighted by atomic mass is 15.0. The van der Waals surface area contributed by atoms with E-state index in [0.717, 1.165) is 34.2 Å². The Bertz CT molecular complexity index is 1000. The van der Waals surface area contributed by atoms with Gasteiger partial charge in [0.25, 0.3) is 0 Å². The van der Waals surface area contributed by atoms with Crippen LogP contribution < -0.4 is 10.6 Å². The van der Waals surface area contributed by atoms with E-state index >= 15 is 0 Å². The van der Waals surface area contributed by atoms with Gasteiger partial charge in [-0.1, -0.05) is 48.5 Å². The smallest absolute Gasteiger partial charge is 0.123 e. The zero-order valence-corrected chi connectivity index (χ0v) is 17.8. The Kier molecular flexibility index (Phi) is 5.79. The lowest BCUT2D eigenvalue weighted by atomic mass is 10.0. The number of hydrogen-bond acceptors (Lipinski definition) is 4. The standard InChI is InChI=1S/C24H28N6/c1-15(25-3)23-27-13-21(29-23)19-9-5-17(6-10-19)18-7-11-20(12-8-18)22-14-28-24(30-22)16(2)26-4/h5-16,25-26H,1-4H3,(H,27,29)(H,28,30)/t15-,16+. The van der Waals surface area contributed by atoms with Crippen LogP contribution in [0.3, 0.4) is 0 Å². The second-order valence-electron chi connectivity index (χ2n) is 7.54. The van der Waals surface area contributed by atoms with Gasteiger partial charge in [0.2, 0.25) is 0 Å². The minimum atomic E-state index is 0.198.